The number of anilines is 2. The summed E-state index contributed by atoms with van der Waals surface area (Å²) in [7, 11) is 1.57. The molecular weight excluding hydrogens is 491 g/mol. The van der Waals surface area contributed by atoms with Gasteiger partial charge in [0.1, 0.15) is 34.6 Å². The molecule has 4 rings (SSSR count). The van der Waals surface area contributed by atoms with E-state index in [1.165, 1.54) is 30.5 Å². The molecule has 2 aromatic carbocycles. The first kappa shape index (κ1) is 26.1. The Bertz CT molecular complexity index is 1500. The van der Waals surface area contributed by atoms with Gasteiger partial charge in [-0.15, -0.1) is 0 Å². The number of nitrogens with one attached hydrogen (secondary N) is 2. The second-order valence-electron chi connectivity index (χ2n) is 9.34. The SMILES string of the molecule is COc1cccc(-n2nc(C(C)(C)C)cc2NC(=O)Nc2ccc(Oc3ccnc(C(N)=O)c3)cc2F)c1. The van der Waals surface area contributed by atoms with Crippen molar-refractivity contribution in [1.82, 2.24) is 14.8 Å². The van der Waals surface area contributed by atoms with Gasteiger partial charge in [-0.3, -0.25) is 15.1 Å². The largest absolute Gasteiger partial charge is 0.497 e. The summed E-state index contributed by atoms with van der Waals surface area (Å²) in [4.78, 5) is 28.0. The van der Waals surface area contributed by atoms with Crippen LogP contribution in [0.1, 0.15) is 37.0 Å². The van der Waals surface area contributed by atoms with Gasteiger partial charge >= 0.3 is 6.03 Å². The number of carbonyl (C=O) groups is 2. The highest BCUT2D eigenvalue weighted by Gasteiger charge is 2.22. The molecule has 38 heavy (non-hydrogen) atoms. The lowest BCUT2D eigenvalue weighted by Gasteiger charge is -2.14. The van der Waals surface area contributed by atoms with Gasteiger partial charge in [0, 0.05) is 35.9 Å². The van der Waals surface area contributed by atoms with Gasteiger partial charge in [0.2, 0.25) is 0 Å². The van der Waals surface area contributed by atoms with Crippen molar-refractivity contribution in [3.63, 3.8) is 0 Å². The van der Waals surface area contributed by atoms with Crippen LogP contribution in [0, 0.1) is 5.82 Å². The van der Waals surface area contributed by atoms with Gasteiger partial charge in [-0.2, -0.15) is 5.10 Å². The number of rotatable bonds is 7. The highest BCUT2D eigenvalue weighted by atomic mass is 19.1. The second-order valence-corrected chi connectivity index (χ2v) is 9.34. The van der Waals surface area contributed by atoms with Crippen molar-refractivity contribution in [2.24, 2.45) is 5.73 Å². The Morgan fingerprint density at radius 2 is 1.74 bits per heavy atom. The Kier molecular flexibility index (Phi) is 7.28. The summed E-state index contributed by atoms with van der Waals surface area (Å²) in [5, 5.41) is 9.92. The molecule has 0 aliphatic rings. The van der Waals surface area contributed by atoms with Crippen LogP contribution >= 0.6 is 0 Å². The van der Waals surface area contributed by atoms with Gasteiger partial charge in [0.25, 0.3) is 5.91 Å². The molecular formula is C27H27FN6O4. The number of benzene rings is 2. The zero-order valence-electron chi connectivity index (χ0n) is 21.3. The molecule has 11 heteroatoms. The van der Waals surface area contributed by atoms with Crippen molar-refractivity contribution in [2.45, 2.75) is 26.2 Å². The molecule has 196 valence electrons. The van der Waals surface area contributed by atoms with Crippen LogP contribution < -0.4 is 25.8 Å². The predicted molar refractivity (Wildman–Crippen MR) is 141 cm³/mol. The maximum absolute atomic E-state index is 14.8. The quantitative estimate of drug-likeness (QED) is 0.306. The van der Waals surface area contributed by atoms with E-state index in [1.54, 1.807) is 30.0 Å². The molecule has 4 N–H and O–H groups in total. The van der Waals surface area contributed by atoms with E-state index in [1.807, 2.05) is 32.9 Å². The number of pyridine rings is 1. The molecule has 0 saturated heterocycles. The third-order valence-electron chi connectivity index (χ3n) is 5.43. The molecule has 2 heterocycles. The number of nitrogens with zero attached hydrogens (tertiary/aromatic N) is 3. The van der Waals surface area contributed by atoms with E-state index in [0.717, 1.165) is 11.8 Å². The van der Waals surface area contributed by atoms with Gasteiger partial charge in [-0.25, -0.2) is 13.9 Å². The number of halogens is 1. The van der Waals surface area contributed by atoms with E-state index in [4.69, 9.17) is 15.2 Å². The predicted octanol–water partition coefficient (Wildman–Crippen LogP) is 5.25. The molecule has 0 radical (unpaired) electrons. The first-order chi connectivity index (χ1) is 18.0. The fraction of sp³-hybridized carbons (Fsp3) is 0.185. The van der Waals surface area contributed by atoms with Crippen LogP contribution in [0.15, 0.2) is 66.9 Å². The molecule has 0 bridgehead atoms. The number of ether oxygens (including phenoxy) is 2. The number of urea groups is 1. The van der Waals surface area contributed by atoms with Crippen molar-refractivity contribution >= 4 is 23.4 Å². The maximum atomic E-state index is 14.8. The number of methoxy groups -OCH3 is 1. The molecule has 2 aromatic heterocycles. The second kappa shape index (κ2) is 10.6. The average Bonchev–Trinajstić information content (AvgIpc) is 3.30. The molecule has 10 nitrogen and oxygen atoms in total. The lowest BCUT2D eigenvalue weighted by Crippen LogP contribution is -2.22. The Hall–Kier alpha value is -4.93. The standard InChI is InChI=1S/C27H27FN6O4/c1-27(2,3)23-15-24(34(33-23)16-6-5-7-17(12-16)37-4)32-26(36)31-21-9-8-18(13-20(21)28)38-19-10-11-30-22(14-19)25(29)35/h5-15H,1-4H3,(H2,29,35)(H2,31,32,36). The van der Waals surface area contributed by atoms with E-state index >= 15 is 0 Å². The van der Waals surface area contributed by atoms with Crippen LogP contribution in [0.4, 0.5) is 20.7 Å². The Morgan fingerprint density at radius 1 is 0.974 bits per heavy atom. The van der Waals surface area contributed by atoms with Crippen molar-refractivity contribution in [3.8, 4) is 22.9 Å². The molecule has 0 aliphatic carbocycles. The van der Waals surface area contributed by atoms with Gasteiger partial charge in [-0.05, 0) is 30.3 Å². The molecule has 0 fully saturated rings. The van der Waals surface area contributed by atoms with Crippen LogP contribution in [0.2, 0.25) is 0 Å². The minimum Gasteiger partial charge on any atom is -0.497 e. The first-order valence-electron chi connectivity index (χ1n) is 11.6. The van der Waals surface area contributed by atoms with Gasteiger partial charge in [0.05, 0.1) is 24.2 Å². The number of hydrogen-bond donors (Lipinski definition) is 3. The topological polar surface area (TPSA) is 133 Å². The molecule has 0 unspecified atom stereocenters. The summed E-state index contributed by atoms with van der Waals surface area (Å²) in [5.74, 6) is -0.00197. The Balaban J connectivity index is 1.52. The van der Waals surface area contributed by atoms with E-state index < -0.39 is 17.8 Å². The highest BCUT2D eigenvalue weighted by molar-refractivity contribution is 5.99. The van der Waals surface area contributed by atoms with Crippen LogP contribution in [-0.4, -0.2) is 33.8 Å². The molecule has 4 aromatic rings. The number of nitrogens with two attached hydrogens (primary N) is 1. The number of primary amides is 1. The summed E-state index contributed by atoms with van der Waals surface area (Å²) in [6.07, 6.45) is 1.35. The number of carbonyl (C=O) groups excluding carboxylic acids is 2. The smallest absolute Gasteiger partial charge is 0.324 e. The van der Waals surface area contributed by atoms with Crippen molar-refractivity contribution < 1.29 is 23.5 Å². The lowest BCUT2D eigenvalue weighted by atomic mass is 9.92. The molecule has 0 aliphatic heterocycles. The van der Waals surface area contributed by atoms with Crippen LogP contribution in [0.5, 0.6) is 17.2 Å². The Labute approximate surface area is 218 Å². The Morgan fingerprint density at radius 3 is 2.42 bits per heavy atom. The van der Waals surface area contributed by atoms with Gasteiger partial charge in [0.15, 0.2) is 0 Å². The maximum Gasteiger partial charge on any atom is 0.324 e. The van der Waals surface area contributed by atoms with Crippen LogP contribution in [0.25, 0.3) is 5.69 Å². The summed E-state index contributed by atoms with van der Waals surface area (Å²) in [6.45, 7) is 6.03. The van der Waals surface area contributed by atoms with Crippen LogP contribution in [0.3, 0.4) is 0 Å². The van der Waals surface area contributed by atoms with E-state index in [0.29, 0.717) is 17.3 Å². The lowest BCUT2D eigenvalue weighted by molar-refractivity contribution is 0.0995. The fourth-order valence-electron chi connectivity index (χ4n) is 3.45. The monoisotopic (exact) mass is 518 g/mol. The van der Waals surface area contributed by atoms with E-state index in [9.17, 15) is 14.0 Å². The molecule has 3 amide bonds. The molecule has 0 spiro atoms. The summed E-state index contributed by atoms with van der Waals surface area (Å²) in [5.41, 5.74) is 6.32. The highest BCUT2D eigenvalue weighted by Crippen LogP contribution is 2.29. The summed E-state index contributed by atoms with van der Waals surface area (Å²) >= 11 is 0. The van der Waals surface area contributed by atoms with E-state index in [-0.39, 0.29) is 28.3 Å². The third-order valence-corrected chi connectivity index (χ3v) is 5.43. The zero-order valence-corrected chi connectivity index (χ0v) is 21.3. The third kappa shape index (κ3) is 6.06. The number of aromatic nitrogens is 3. The van der Waals surface area contributed by atoms with Crippen LogP contribution in [-0.2, 0) is 5.41 Å². The average molecular weight is 519 g/mol. The van der Waals surface area contributed by atoms with Crippen molar-refractivity contribution in [1.29, 1.82) is 0 Å². The van der Waals surface area contributed by atoms with Gasteiger partial charge < -0.3 is 20.5 Å². The first-order valence-corrected chi connectivity index (χ1v) is 11.6. The minimum absolute atomic E-state index is 0.0146. The number of hydrogen-bond acceptors (Lipinski definition) is 6. The minimum atomic E-state index is -0.724. The molecule has 0 atom stereocenters. The van der Waals surface area contributed by atoms with Gasteiger partial charge in [-0.1, -0.05) is 26.8 Å². The normalized spacial score (nSPS) is 11.1. The van der Waals surface area contributed by atoms with Crippen molar-refractivity contribution in [2.75, 3.05) is 17.7 Å². The number of amides is 3. The zero-order chi connectivity index (χ0) is 27.4. The summed E-state index contributed by atoms with van der Waals surface area (Å²) in [6, 6.07) is 15.1. The van der Waals surface area contributed by atoms with Crippen molar-refractivity contribution in [3.05, 3.63) is 84.1 Å². The summed E-state index contributed by atoms with van der Waals surface area (Å²) < 4.78 is 27.3. The molecule has 0 saturated carbocycles. The fourth-order valence-corrected chi connectivity index (χ4v) is 3.45. The van der Waals surface area contributed by atoms with E-state index in [2.05, 4.69) is 20.7 Å².